The fourth-order valence-corrected chi connectivity index (χ4v) is 7.79. The maximum Gasteiger partial charge on any atom is 0.229 e. The molecule has 3 nitrogen and oxygen atoms in total. The van der Waals surface area contributed by atoms with Gasteiger partial charge in [-0.3, -0.25) is 4.79 Å². The lowest BCUT2D eigenvalue weighted by atomic mass is 9.62. The Kier molecular flexibility index (Phi) is 3.96. The van der Waals surface area contributed by atoms with Crippen molar-refractivity contribution in [2.24, 2.45) is 34.3 Å². The predicted molar refractivity (Wildman–Crippen MR) is 120 cm³/mol. The second-order valence-electron chi connectivity index (χ2n) is 12.0. The average molecular weight is 405 g/mol. The van der Waals surface area contributed by atoms with Crippen molar-refractivity contribution in [3.8, 4) is 0 Å². The van der Waals surface area contributed by atoms with Gasteiger partial charge in [0.15, 0.2) is 0 Å². The maximum atomic E-state index is 14.2. The van der Waals surface area contributed by atoms with Crippen molar-refractivity contribution in [2.75, 3.05) is 13.1 Å². The fourth-order valence-electron chi connectivity index (χ4n) is 7.79. The summed E-state index contributed by atoms with van der Waals surface area (Å²) in [5.41, 5.74) is 9.57. The Morgan fingerprint density at radius 3 is 2.57 bits per heavy atom. The van der Waals surface area contributed by atoms with Gasteiger partial charge < -0.3 is 10.6 Å². The van der Waals surface area contributed by atoms with Gasteiger partial charge in [0.2, 0.25) is 5.91 Å². The first-order valence-electron chi connectivity index (χ1n) is 12.2. The second kappa shape index (κ2) is 6.22. The van der Waals surface area contributed by atoms with Crippen molar-refractivity contribution in [3.05, 3.63) is 47.5 Å². The lowest BCUT2D eigenvalue weighted by Gasteiger charge is -2.47. The summed E-state index contributed by atoms with van der Waals surface area (Å²) in [5.74, 6) is 2.32. The maximum absolute atomic E-state index is 14.2. The SMILES string of the molecule is CC1(C)CN(C(=O)C23CC4CC(c5ccccc5)(CC2/C4=C\C2CC2)C3)CC[C@@H]1N. The van der Waals surface area contributed by atoms with E-state index >= 15 is 0 Å². The van der Waals surface area contributed by atoms with E-state index < -0.39 is 0 Å². The molecule has 6 fully saturated rings. The van der Waals surface area contributed by atoms with Crippen LogP contribution in [0.5, 0.6) is 0 Å². The fraction of sp³-hybridized carbons (Fsp3) is 0.667. The molecule has 0 aromatic heterocycles. The van der Waals surface area contributed by atoms with Crippen LogP contribution >= 0.6 is 0 Å². The summed E-state index contributed by atoms with van der Waals surface area (Å²) in [7, 11) is 0. The number of carbonyl (C=O) groups is 1. The minimum Gasteiger partial charge on any atom is -0.342 e. The molecule has 6 aliphatic rings. The van der Waals surface area contributed by atoms with Gasteiger partial charge in [0.1, 0.15) is 0 Å². The first-order chi connectivity index (χ1) is 14.3. The molecular weight excluding hydrogens is 368 g/mol. The molecule has 3 heteroatoms. The molecule has 4 unspecified atom stereocenters. The minimum absolute atomic E-state index is 0.00394. The van der Waals surface area contributed by atoms with E-state index in [1.54, 1.807) is 5.57 Å². The zero-order valence-corrected chi connectivity index (χ0v) is 18.6. The number of hydrogen-bond acceptors (Lipinski definition) is 2. The van der Waals surface area contributed by atoms with E-state index in [1.165, 1.54) is 31.2 Å². The predicted octanol–water partition coefficient (Wildman–Crippen LogP) is 4.67. The van der Waals surface area contributed by atoms with Crippen molar-refractivity contribution >= 4 is 5.91 Å². The highest BCUT2D eigenvalue weighted by Crippen LogP contribution is 2.73. The van der Waals surface area contributed by atoms with Crippen LogP contribution in [0.2, 0.25) is 0 Å². The van der Waals surface area contributed by atoms with Crippen LogP contribution in [0.15, 0.2) is 42.0 Å². The number of hydrogen-bond donors (Lipinski definition) is 1. The van der Waals surface area contributed by atoms with E-state index in [4.69, 9.17) is 5.73 Å². The summed E-state index contributed by atoms with van der Waals surface area (Å²) in [6.07, 6.45) is 10.8. The van der Waals surface area contributed by atoms with Crippen molar-refractivity contribution in [2.45, 2.75) is 70.3 Å². The number of likely N-dealkylation sites (tertiary alicyclic amines) is 1. The van der Waals surface area contributed by atoms with Crippen LogP contribution in [-0.4, -0.2) is 29.9 Å². The van der Waals surface area contributed by atoms with E-state index in [-0.39, 0.29) is 22.3 Å². The molecule has 5 atom stereocenters. The zero-order valence-electron chi connectivity index (χ0n) is 18.6. The normalized spacial score (nSPS) is 42.8. The summed E-state index contributed by atoms with van der Waals surface area (Å²) in [6, 6.07) is 11.3. The number of carbonyl (C=O) groups excluding carboxylic acids is 1. The summed E-state index contributed by atoms with van der Waals surface area (Å²) in [5, 5.41) is 0. The van der Waals surface area contributed by atoms with Crippen LogP contribution < -0.4 is 5.73 Å². The summed E-state index contributed by atoms with van der Waals surface area (Å²) >= 11 is 0. The highest BCUT2D eigenvalue weighted by molar-refractivity contribution is 5.86. The Morgan fingerprint density at radius 1 is 1.10 bits per heavy atom. The molecule has 0 spiro atoms. The van der Waals surface area contributed by atoms with Gasteiger partial charge in [-0.05, 0) is 79.1 Å². The number of rotatable bonds is 3. The Hall–Kier alpha value is -1.61. The van der Waals surface area contributed by atoms with Gasteiger partial charge >= 0.3 is 0 Å². The molecule has 1 aromatic rings. The monoisotopic (exact) mass is 404 g/mol. The van der Waals surface area contributed by atoms with Crippen molar-refractivity contribution in [3.63, 3.8) is 0 Å². The first kappa shape index (κ1) is 19.1. The van der Waals surface area contributed by atoms with Gasteiger partial charge in [-0.25, -0.2) is 0 Å². The summed E-state index contributed by atoms with van der Waals surface area (Å²) in [4.78, 5) is 16.5. The number of piperidine rings is 1. The molecule has 30 heavy (non-hydrogen) atoms. The van der Waals surface area contributed by atoms with Crippen LogP contribution in [-0.2, 0) is 10.2 Å². The molecular formula is C27H36N2O. The molecule has 1 aromatic carbocycles. The highest BCUT2D eigenvalue weighted by atomic mass is 16.2. The molecule has 1 aliphatic heterocycles. The third-order valence-electron chi connectivity index (χ3n) is 9.50. The van der Waals surface area contributed by atoms with E-state index in [1.807, 2.05) is 0 Å². The quantitative estimate of drug-likeness (QED) is 0.745. The van der Waals surface area contributed by atoms with E-state index in [2.05, 4.69) is 55.2 Å². The lowest BCUT2D eigenvalue weighted by Crippen LogP contribution is -2.57. The number of allylic oxidation sites excluding steroid dienone is 2. The Balaban J connectivity index is 1.38. The van der Waals surface area contributed by atoms with Gasteiger partial charge in [0, 0.05) is 19.1 Å². The van der Waals surface area contributed by atoms with E-state index in [9.17, 15) is 4.79 Å². The molecule has 2 N–H and O–H groups in total. The number of benzene rings is 1. The van der Waals surface area contributed by atoms with Crippen LogP contribution in [0, 0.1) is 28.6 Å². The van der Waals surface area contributed by atoms with Crippen LogP contribution in [0.25, 0.3) is 0 Å². The highest BCUT2D eigenvalue weighted by Gasteiger charge is 2.70. The van der Waals surface area contributed by atoms with Crippen molar-refractivity contribution in [1.29, 1.82) is 0 Å². The topological polar surface area (TPSA) is 46.3 Å². The molecule has 1 heterocycles. The molecule has 160 valence electrons. The third kappa shape index (κ3) is 2.63. The molecule has 5 aliphatic carbocycles. The number of amides is 1. The molecule has 7 rings (SSSR count). The number of nitrogens with zero attached hydrogens (tertiary/aromatic N) is 1. The van der Waals surface area contributed by atoms with Gasteiger partial charge in [-0.2, -0.15) is 0 Å². The standard InChI is InChI=1S/C27H36N2O/c1-25(2)17-29(11-10-23(25)28)24(30)27-14-19-13-26(16-27,20-6-4-3-5-7-20)15-22(27)21(19)12-18-8-9-18/h3-7,12,18-19,22-23H,8-11,13-17,28H2,1-2H3/b21-12-/t19?,22?,23-,26?,27?/m0/s1. The van der Waals surface area contributed by atoms with Gasteiger partial charge in [-0.15, -0.1) is 0 Å². The third-order valence-corrected chi connectivity index (χ3v) is 9.50. The van der Waals surface area contributed by atoms with Gasteiger partial charge in [-0.1, -0.05) is 55.8 Å². The van der Waals surface area contributed by atoms with Gasteiger partial charge in [0.25, 0.3) is 0 Å². The number of nitrogens with two attached hydrogens (primary N) is 1. The summed E-state index contributed by atoms with van der Waals surface area (Å²) in [6.45, 7) is 6.11. The van der Waals surface area contributed by atoms with Gasteiger partial charge in [0.05, 0.1) is 5.41 Å². The second-order valence-corrected chi connectivity index (χ2v) is 12.0. The van der Waals surface area contributed by atoms with E-state index in [0.717, 1.165) is 38.3 Å². The summed E-state index contributed by atoms with van der Waals surface area (Å²) < 4.78 is 0. The zero-order chi connectivity index (χ0) is 20.7. The molecule has 0 radical (unpaired) electrons. The minimum atomic E-state index is -0.170. The van der Waals surface area contributed by atoms with E-state index in [0.29, 0.717) is 17.7 Å². The van der Waals surface area contributed by atoms with Crippen LogP contribution in [0.3, 0.4) is 0 Å². The first-order valence-corrected chi connectivity index (χ1v) is 12.2. The molecule has 5 saturated carbocycles. The Morgan fingerprint density at radius 2 is 1.87 bits per heavy atom. The Labute approximate surface area is 181 Å². The average Bonchev–Trinajstić information content (AvgIpc) is 3.48. The van der Waals surface area contributed by atoms with Crippen molar-refractivity contribution < 1.29 is 4.79 Å². The van der Waals surface area contributed by atoms with Crippen LogP contribution in [0.1, 0.15) is 64.4 Å². The molecule has 1 amide bonds. The largest absolute Gasteiger partial charge is 0.342 e. The lowest BCUT2D eigenvalue weighted by molar-refractivity contribution is -0.147. The molecule has 1 saturated heterocycles. The smallest absolute Gasteiger partial charge is 0.229 e. The van der Waals surface area contributed by atoms with Crippen molar-refractivity contribution in [1.82, 2.24) is 4.90 Å². The van der Waals surface area contributed by atoms with Crippen LogP contribution in [0.4, 0.5) is 0 Å². The Bertz CT molecular complexity index is 901. The molecule has 4 bridgehead atoms.